The summed E-state index contributed by atoms with van der Waals surface area (Å²) in [5, 5.41) is 14.4. The number of aliphatic hydroxyl groups excluding tert-OH is 1. The lowest BCUT2D eigenvalue weighted by atomic mass is 10.2. The number of aromatic nitrogens is 3. The van der Waals surface area contributed by atoms with Crippen LogP contribution in [0.15, 0.2) is 54.6 Å². The summed E-state index contributed by atoms with van der Waals surface area (Å²) in [5.41, 5.74) is 6.00. The molecule has 1 aromatic heterocycles. The predicted molar refractivity (Wildman–Crippen MR) is 101 cm³/mol. The van der Waals surface area contributed by atoms with E-state index in [1.165, 1.54) is 0 Å². The summed E-state index contributed by atoms with van der Waals surface area (Å²) in [6.45, 7) is 2.15. The van der Waals surface area contributed by atoms with Crippen molar-refractivity contribution in [3.05, 3.63) is 60.4 Å². The maximum Gasteiger partial charge on any atom is 0.225 e. The fourth-order valence-corrected chi connectivity index (χ4v) is 2.63. The fraction of sp³-hybridized carbons (Fsp3) is 0.250. The third kappa shape index (κ3) is 4.71. The molecule has 3 rings (SSSR count). The third-order valence-electron chi connectivity index (χ3n) is 4.00. The second kappa shape index (κ2) is 8.46. The lowest BCUT2D eigenvalue weighted by molar-refractivity contribution is -0.117. The molecule has 1 amide bonds. The number of nitrogens with zero attached hydrogens (tertiary/aromatic N) is 3. The predicted octanol–water partition coefficient (Wildman–Crippen LogP) is 2.54. The van der Waals surface area contributed by atoms with Gasteiger partial charge < -0.3 is 15.6 Å². The molecule has 0 fully saturated rings. The largest absolute Gasteiger partial charge is 0.457 e. The normalized spacial score (nSPS) is 11.9. The van der Waals surface area contributed by atoms with Crippen LogP contribution in [0, 0.1) is 0 Å². The molecule has 140 valence electrons. The van der Waals surface area contributed by atoms with E-state index in [1.807, 2.05) is 61.5 Å². The van der Waals surface area contributed by atoms with E-state index in [9.17, 15) is 9.90 Å². The summed E-state index contributed by atoms with van der Waals surface area (Å²) in [7, 11) is 0. The number of primary amides is 1. The fourth-order valence-electron chi connectivity index (χ4n) is 2.63. The lowest BCUT2D eigenvalue weighted by Crippen LogP contribution is -2.18. The van der Waals surface area contributed by atoms with Crippen molar-refractivity contribution >= 4 is 5.91 Å². The van der Waals surface area contributed by atoms with Crippen molar-refractivity contribution < 1.29 is 14.6 Å². The van der Waals surface area contributed by atoms with Crippen LogP contribution in [-0.4, -0.2) is 31.9 Å². The average molecular weight is 366 g/mol. The Bertz CT molecular complexity index is 909. The SMILES string of the molecule is CC[C@H](O)Cn1nc(CC(N)=O)nc1-c1ccccc1Oc1ccccc1. The Morgan fingerprint density at radius 1 is 1.19 bits per heavy atom. The molecule has 0 spiro atoms. The van der Waals surface area contributed by atoms with Crippen molar-refractivity contribution in [3.8, 4) is 22.9 Å². The number of rotatable bonds is 8. The van der Waals surface area contributed by atoms with Crippen LogP contribution in [0.3, 0.4) is 0 Å². The molecule has 1 heterocycles. The highest BCUT2D eigenvalue weighted by molar-refractivity contribution is 5.76. The van der Waals surface area contributed by atoms with E-state index < -0.39 is 12.0 Å². The molecule has 0 aliphatic heterocycles. The second-order valence-electron chi connectivity index (χ2n) is 6.15. The Kier molecular flexibility index (Phi) is 5.83. The van der Waals surface area contributed by atoms with E-state index in [2.05, 4.69) is 10.1 Å². The summed E-state index contributed by atoms with van der Waals surface area (Å²) in [6.07, 6.45) is -0.0645. The molecule has 3 aromatic rings. The summed E-state index contributed by atoms with van der Waals surface area (Å²) in [4.78, 5) is 15.7. The van der Waals surface area contributed by atoms with Gasteiger partial charge in [-0.05, 0) is 30.7 Å². The Balaban J connectivity index is 2.01. The molecule has 1 atom stereocenters. The first-order valence-corrected chi connectivity index (χ1v) is 8.79. The number of aliphatic hydroxyl groups is 1. The van der Waals surface area contributed by atoms with Crippen molar-refractivity contribution in [1.82, 2.24) is 14.8 Å². The highest BCUT2D eigenvalue weighted by Gasteiger charge is 2.19. The van der Waals surface area contributed by atoms with Gasteiger partial charge in [0.15, 0.2) is 11.6 Å². The Labute approximate surface area is 157 Å². The van der Waals surface area contributed by atoms with Crippen molar-refractivity contribution in [1.29, 1.82) is 0 Å². The zero-order chi connectivity index (χ0) is 19.2. The van der Waals surface area contributed by atoms with Gasteiger partial charge >= 0.3 is 0 Å². The van der Waals surface area contributed by atoms with Crippen molar-refractivity contribution in [2.45, 2.75) is 32.4 Å². The first-order valence-electron chi connectivity index (χ1n) is 8.79. The summed E-state index contributed by atoms with van der Waals surface area (Å²) < 4.78 is 7.60. The van der Waals surface area contributed by atoms with Crippen LogP contribution >= 0.6 is 0 Å². The maximum absolute atomic E-state index is 11.3. The molecule has 3 N–H and O–H groups in total. The minimum atomic E-state index is -0.575. The van der Waals surface area contributed by atoms with Gasteiger partial charge in [-0.2, -0.15) is 5.10 Å². The highest BCUT2D eigenvalue weighted by atomic mass is 16.5. The van der Waals surface area contributed by atoms with E-state index >= 15 is 0 Å². The van der Waals surface area contributed by atoms with Gasteiger partial charge in [-0.25, -0.2) is 9.67 Å². The van der Waals surface area contributed by atoms with Gasteiger partial charge in [-0.1, -0.05) is 37.3 Å². The Morgan fingerprint density at radius 2 is 1.89 bits per heavy atom. The molecule has 0 saturated heterocycles. The summed E-state index contributed by atoms with van der Waals surface area (Å²) in [5.74, 6) is 1.63. The lowest BCUT2D eigenvalue weighted by Gasteiger charge is -2.13. The molecule has 0 aliphatic rings. The molecular weight excluding hydrogens is 344 g/mol. The van der Waals surface area contributed by atoms with E-state index in [4.69, 9.17) is 10.5 Å². The van der Waals surface area contributed by atoms with Crippen LogP contribution < -0.4 is 10.5 Å². The molecular formula is C20H22N4O3. The van der Waals surface area contributed by atoms with Gasteiger partial charge in [-0.3, -0.25) is 4.79 Å². The maximum atomic E-state index is 11.3. The number of carbonyl (C=O) groups excluding carboxylic acids is 1. The van der Waals surface area contributed by atoms with Crippen LogP contribution in [-0.2, 0) is 17.8 Å². The first kappa shape index (κ1) is 18.6. The first-order chi connectivity index (χ1) is 13.1. The smallest absolute Gasteiger partial charge is 0.225 e. The number of nitrogens with two attached hydrogens (primary N) is 1. The highest BCUT2D eigenvalue weighted by Crippen LogP contribution is 2.32. The quantitative estimate of drug-likeness (QED) is 0.638. The second-order valence-corrected chi connectivity index (χ2v) is 6.15. The van der Waals surface area contributed by atoms with Crippen LogP contribution in [0.25, 0.3) is 11.4 Å². The van der Waals surface area contributed by atoms with Crippen LogP contribution in [0.2, 0.25) is 0 Å². The summed E-state index contributed by atoms with van der Waals surface area (Å²) in [6, 6.07) is 16.9. The molecule has 7 nitrogen and oxygen atoms in total. The van der Waals surface area contributed by atoms with Crippen molar-refractivity contribution in [2.24, 2.45) is 5.73 Å². The minimum Gasteiger partial charge on any atom is -0.457 e. The number of carbonyl (C=O) groups is 1. The van der Waals surface area contributed by atoms with E-state index in [1.54, 1.807) is 4.68 Å². The van der Waals surface area contributed by atoms with E-state index in [0.717, 1.165) is 0 Å². The standard InChI is InChI=1S/C20H22N4O3/c1-2-14(25)13-24-20(22-19(23-24)12-18(21)26)16-10-6-7-11-17(16)27-15-8-4-3-5-9-15/h3-11,14,25H,2,12-13H2,1H3,(H2,21,26)/t14-/m0/s1. The molecule has 0 bridgehead atoms. The average Bonchev–Trinajstić information content (AvgIpc) is 3.04. The Morgan fingerprint density at radius 3 is 2.59 bits per heavy atom. The van der Waals surface area contributed by atoms with E-state index in [0.29, 0.717) is 35.1 Å². The molecule has 2 aromatic carbocycles. The van der Waals surface area contributed by atoms with Gasteiger partial charge in [0.1, 0.15) is 11.5 Å². The molecule has 0 unspecified atom stereocenters. The number of para-hydroxylation sites is 2. The van der Waals surface area contributed by atoms with Crippen LogP contribution in [0.5, 0.6) is 11.5 Å². The zero-order valence-electron chi connectivity index (χ0n) is 15.1. The molecule has 27 heavy (non-hydrogen) atoms. The number of benzene rings is 2. The van der Waals surface area contributed by atoms with Gasteiger partial charge in [-0.15, -0.1) is 0 Å². The third-order valence-corrected chi connectivity index (χ3v) is 4.00. The molecule has 0 radical (unpaired) electrons. The van der Waals surface area contributed by atoms with Crippen LogP contribution in [0.4, 0.5) is 0 Å². The van der Waals surface area contributed by atoms with Gasteiger partial charge in [0.05, 0.1) is 24.6 Å². The minimum absolute atomic E-state index is 0.0655. The number of ether oxygens (including phenoxy) is 1. The van der Waals surface area contributed by atoms with E-state index in [-0.39, 0.29) is 13.0 Å². The molecule has 7 heteroatoms. The summed E-state index contributed by atoms with van der Waals surface area (Å²) >= 11 is 0. The van der Waals surface area contributed by atoms with Crippen LogP contribution in [0.1, 0.15) is 19.2 Å². The topological polar surface area (TPSA) is 103 Å². The number of hydrogen-bond acceptors (Lipinski definition) is 5. The number of amides is 1. The molecule has 0 saturated carbocycles. The molecule has 0 aliphatic carbocycles. The van der Waals surface area contributed by atoms with Crippen molar-refractivity contribution in [2.75, 3.05) is 0 Å². The van der Waals surface area contributed by atoms with Gasteiger partial charge in [0, 0.05) is 0 Å². The Hall–Kier alpha value is -3.19. The zero-order valence-corrected chi connectivity index (χ0v) is 15.1. The van der Waals surface area contributed by atoms with Crippen molar-refractivity contribution in [3.63, 3.8) is 0 Å². The monoisotopic (exact) mass is 366 g/mol. The van der Waals surface area contributed by atoms with Gasteiger partial charge in [0.2, 0.25) is 5.91 Å². The van der Waals surface area contributed by atoms with Gasteiger partial charge in [0.25, 0.3) is 0 Å². The number of hydrogen-bond donors (Lipinski definition) is 2.